The second-order valence-corrected chi connectivity index (χ2v) is 7.73. The van der Waals surface area contributed by atoms with Crippen molar-refractivity contribution in [3.8, 4) is 0 Å². The Labute approximate surface area is 155 Å². The van der Waals surface area contributed by atoms with Gasteiger partial charge in [0.1, 0.15) is 5.60 Å². The lowest BCUT2D eigenvalue weighted by molar-refractivity contribution is -0.148. The Morgan fingerprint density at radius 1 is 1.27 bits per heavy atom. The van der Waals surface area contributed by atoms with Crippen molar-refractivity contribution in [2.45, 2.75) is 57.8 Å². The second-order valence-electron chi connectivity index (χ2n) is 7.73. The van der Waals surface area contributed by atoms with Gasteiger partial charge in [-0.15, -0.1) is 0 Å². The predicted molar refractivity (Wildman–Crippen MR) is 97.5 cm³/mol. The van der Waals surface area contributed by atoms with Crippen molar-refractivity contribution in [3.05, 3.63) is 35.9 Å². The van der Waals surface area contributed by atoms with Gasteiger partial charge in [0, 0.05) is 12.6 Å². The Morgan fingerprint density at radius 2 is 1.92 bits per heavy atom. The summed E-state index contributed by atoms with van der Waals surface area (Å²) >= 11 is 0. The van der Waals surface area contributed by atoms with Crippen molar-refractivity contribution >= 4 is 12.1 Å². The number of esters is 1. The summed E-state index contributed by atoms with van der Waals surface area (Å²) in [6.45, 7) is 5.86. The number of rotatable bonds is 4. The summed E-state index contributed by atoms with van der Waals surface area (Å²) in [5.41, 5.74) is 0.190. The first-order chi connectivity index (χ1) is 12.2. The third-order valence-corrected chi connectivity index (χ3v) is 4.56. The van der Waals surface area contributed by atoms with Gasteiger partial charge in [0.15, 0.2) is 0 Å². The van der Waals surface area contributed by atoms with Crippen LogP contribution in [0, 0.1) is 5.92 Å². The highest BCUT2D eigenvalue weighted by Gasteiger charge is 2.38. The van der Waals surface area contributed by atoms with Crippen LogP contribution in [0.1, 0.15) is 51.7 Å². The molecule has 3 atom stereocenters. The third-order valence-electron chi connectivity index (χ3n) is 4.56. The molecule has 1 aromatic rings. The summed E-state index contributed by atoms with van der Waals surface area (Å²) in [6, 6.07) is 9.02. The maximum absolute atomic E-state index is 12.6. The molecule has 0 aliphatic carbocycles. The van der Waals surface area contributed by atoms with E-state index in [0.29, 0.717) is 25.8 Å². The molecule has 1 amide bonds. The Bertz CT molecular complexity index is 610. The van der Waals surface area contributed by atoms with Crippen molar-refractivity contribution in [1.29, 1.82) is 0 Å². The van der Waals surface area contributed by atoms with Crippen LogP contribution >= 0.6 is 0 Å². The van der Waals surface area contributed by atoms with Gasteiger partial charge in [-0.3, -0.25) is 4.79 Å². The van der Waals surface area contributed by atoms with E-state index < -0.39 is 17.8 Å². The average Bonchev–Trinajstić information content (AvgIpc) is 2.60. The number of piperidine rings is 1. The Balaban J connectivity index is 2.15. The van der Waals surface area contributed by atoms with E-state index in [1.54, 1.807) is 4.90 Å². The molecule has 0 aromatic heterocycles. The number of aliphatic hydroxyl groups is 1. The minimum atomic E-state index is -0.720. The smallest absolute Gasteiger partial charge is 0.410 e. The number of aliphatic hydroxyl groups excluding tert-OH is 1. The molecule has 1 aromatic carbocycles. The lowest BCUT2D eigenvalue weighted by atomic mass is 9.87. The number of hydrogen-bond donors (Lipinski definition) is 1. The molecule has 0 radical (unpaired) electrons. The van der Waals surface area contributed by atoms with Crippen LogP contribution in [-0.2, 0) is 14.3 Å². The highest BCUT2D eigenvalue weighted by atomic mass is 16.6. The van der Waals surface area contributed by atoms with E-state index in [4.69, 9.17) is 9.47 Å². The fraction of sp³-hybridized carbons (Fsp3) is 0.600. The van der Waals surface area contributed by atoms with Gasteiger partial charge in [-0.2, -0.15) is 0 Å². The van der Waals surface area contributed by atoms with Gasteiger partial charge in [0.05, 0.1) is 19.1 Å². The van der Waals surface area contributed by atoms with Crippen LogP contribution in [0.3, 0.4) is 0 Å². The standard InChI is InChI=1S/C20H29NO5/c1-20(2,3)26-19(24)21-11-10-15(18(23)25-4)12-16(21)13-17(22)14-8-6-5-7-9-14/h5-9,15-17,22H,10-13H2,1-4H3. The van der Waals surface area contributed by atoms with Crippen molar-refractivity contribution in [2.24, 2.45) is 5.92 Å². The van der Waals surface area contributed by atoms with Gasteiger partial charge < -0.3 is 19.5 Å². The number of carbonyl (C=O) groups is 2. The Kier molecular flexibility index (Phi) is 6.64. The molecule has 1 saturated heterocycles. The highest BCUT2D eigenvalue weighted by molar-refractivity contribution is 5.74. The number of benzene rings is 1. The van der Waals surface area contributed by atoms with Crippen LogP contribution in [0.4, 0.5) is 4.79 Å². The topological polar surface area (TPSA) is 76.1 Å². The first-order valence-corrected chi connectivity index (χ1v) is 9.01. The lowest BCUT2D eigenvalue weighted by Crippen LogP contribution is -2.49. The predicted octanol–water partition coefficient (Wildman–Crippen LogP) is 3.30. The zero-order chi connectivity index (χ0) is 19.3. The Hall–Kier alpha value is -2.08. The molecule has 1 fully saturated rings. The van der Waals surface area contributed by atoms with Gasteiger partial charge in [-0.25, -0.2) is 4.79 Å². The van der Waals surface area contributed by atoms with Crippen LogP contribution in [-0.4, -0.2) is 47.4 Å². The summed E-state index contributed by atoms with van der Waals surface area (Å²) in [5, 5.41) is 10.6. The quantitative estimate of drug-likeness (QED) is 0.831. The minimum absolute atomic E-state index is 0.270. The SMILES string of the molecule is COC(=O)C1CCN(C(=O)OC(C)(C)C)C(CC(O)c2ccccc2)C1. The number of ether oxygens (including phenoxy) is 2. The molecule has 6 heteroatoms. The largest absolute Gasteiger partial charge is 0.469 e. The first kappa shape index (κ1) is 20.2. The average molecular weight is 363 g/mol. The van der Waals surface area contributed by atoms with Crippen LogP contribution < -0.4 is 0 Å². The summed E-state index contributed by atoms with van der Waals surface area (Å²) in [5.74, 6) is -0.542. The molecule has 1 aliphatic heterocycles. The maximum atomic E-state index is 12.6. The number of carbonyl (C=O) groups excluding carboxylic acids is 2. The second kappa shape index (κ2) is 8.54. The van der Waals surface area contributed by atoms with Crippen molar-refractivity contribution in [3.63, 3.8) is 0 Å². The zero-order valence-electron chi connectivity index (χ0n) is 16.0. The Morgan fingerprint density at radius 3 is 2.50 bits per heavy atom. The van der Waals surface area contributed by atoms with E-state index in [0.717, 1.165) is 5.56 Å². The van der Waals surface area contributed by atoms with Gasteiger partial charge >= 0.3 is 12.1 Å². The van der Waals surface area contributed by atoms with Gasteiger partial charge in [0.2, 0.25) is 0 Å². The monoisotopic (exact) mass is 363 g/mol. The van der Waals surface area contributed by atoms with Crippen LogP contribution in [0.2, 0.25) is 0 Å². The molecule has 0 spiro atoms. The first-order valence-electron chi connectivity index (χ1n) is 9.01. The highest BCUT2D eigenvalue weighted by Crippen LogP contribution is 2.31. The lowest BCUT2D eigenvalue weighted by Gasteiger charge is -2.40. The van der Waals surface area contributed by atoms with E-state index in [2.05, 4.69) is 0 Å². The molecule has 26 heavy (non-hydrogen) atoms. The molecule has 1 N–H and O–H groups in total. The molecule has 3 unspecified atom stereocenters. The summed E-state index contributed by atoms with van der Waals surface area (Å²) in [6.07, 6.45) is 0.199. The van der Waals surface area contributed by atoms with E-state index in [1.165, 1.54) is 7.11 Å². The van der Waals surface area contributed by atoms with E-state index in [9.17, 15) is 14.7 Å². The normalized spacial score (nSPS) is 21.8. The number of methoxy groups -OCH3 is 1. The van der Waals surface area contributed by atoms with Gasteiger partial charge in [-0.05, 0) is 45.6 Å². The van der Waals surface area contributed by atoms with E-state index in [1.807, 2.05) is 51.1 Å². The number of hydrogen-bond acceptors (Lipinski definition) is 5. The van der Waals surface area contributed by atoms with E-state index in [-0.39, 0.29) is 17.9 Å². The fourth-order valence-electron chi connectivity index (χ4n) is 3.29. The summed E-state index contributed by atoms with van der Waals surface area (Å²) in [7, 11) is 1.37. The number of amides is 1. The molecule has 1 aliphatic rings. The van der Waals surface area contributed by atoms with Crippen molar-refractivity contribution in [1.82, 2.24) is 4.90 Å². The molecule has 0 saturated carbocycles. The summed E-state index contributed by atoms with van der Waals surface area (Å²) in [4.78, 5) is 26.2. The van der Waals surface area contributed by atoms with Crippen molar-refractivity contribution in [2.75, 3.05) is 13.7 Å². The number of nitrogens with zero attached hydrogens (tertiary/aromatic N) is 1. The van der Waals surface area contributed by atoms with Gasteiger partial charge in [0.25, 0.3) is 0 Å². The summed E-state index contributed by atoms with van der Waals surface area (Å²) < 4.78 is 10.4. The molecular weight excluding hydrogens is 334 g/mol. The fourth-order valence-corrected chi connectivity index (χ4v) is 3.29. The van der Waals surface area contributed by atoms with Crippen molar-refractivity contribution < 1.29 is 24.2 Å². The van der Waals surface area contributed by atoms with Crippen LogP contribution in [0.25, 0.3) is 0 Å². The zero-order valence-corrected chi connectivity index (χ0v) is 16.0. The van der Waals surface area contributed by atoms with E-state index >= 15 is 0 Å². The van der Waals surface area contributed by atoms with Crippen LogP contribution in [0.15, 0.2) is 30.3 Å². The molecule has 144 valence electrons. The van der Waals surface area contributed by atoms with Gasteiger partial charge in [-0.1, -0.05) is 30.3 Å². The minimum Gasteiger partial charge on any atom is -0.469 e. The molecule has 6 nitrogen and oxygen atoms in total. The molecule has 2 rings (SSSR count). The molecular formula is C20H29NO5. The molecule has 0 bridgehead atoms. The number of likely N-dealkylation sites (tertiary alicyclic amines) is 1. The van der Waals surface area contributed by atoms with Crippen LogP contribution in [0.5, 0.6) is 0 Å². The maximum Gasteiger partial charge on any atom is 0.410 e. The molecule has 1 heterocycles. The third kappa shape index (κ3) is 5.46.